The van der Waals surface area contributed by atoms with Gasteiger partial charge in [-0.15, -0.1) is 12.4 Å². The van der Waals surface area contributed by atoms with Crippen molar-refractivity contribution in [2.75, 3.05) is 0 Å². The molecule has 5 heteroatoms. The molecular formula is C11H18ClN3O. The Labute approximate surface area is 102 Å². The molecule has 1 aromatic rings. The Morgan fingerprint density at radius 1 is 1.50 bits per heavy atom. The zero-order valence-electron chi connectivity index (χ0n) is 9.78. The summed E-state index contributed by atoms with van der Waals surface area (Å²) in [6.45, 7) is 6.17. The molecule has 3 N–H and O–H groups in total. The van der Waals surface area contributed by atoms with Crippen molar-refractivity contribution in [1.29, 1.82) is 0 Å². The molecular weight excluding hydrogens is 226 g/mol. The highest BCUT2D eigenvalue weighted by molar-refractivity contribution is 5.94. The normalized spacial score (nSPS) is 10.5. The van der Waals surface area contributed by atoms with Gasteiger partial charge in [0.25, 0.3) is 5.91 Å². The molecule has 0 radical (unpaired) electrons. The first-order chi connectivity index (χ1) is 6.92. The van der Waals surface area contributed by atoms with Gasteiger partial charge in [0.05, 0.1) is 5.69 Å². The molecule has 0 bridgehead atoms. The summed E-state index contributed by atoms with van der Waals surface area (Å²) in [4.78, 5) is 15.8. The molecule has 0 saturated heterocycles. The smallest absolute Gasteiger partial charge is 0.251 e. The van der Waals surface area contributed by atoms with Crippen molar-refractivity contribution in [3.8, 4) is 0 Å². The van der Waals surface area contributed by atoms with Gasteiger partial charge in [0.1, 0.15) is 0 Å². The Hall–Kier alpha value is -1.13. The van der Waals surface area contributed by atoms with Crippen LogP contribution in [0.25, 0.3) is 0 Å². The predicted molar refractivity (Wildman–Crippen MR) is 66.6 cm³/mol. The third-order valence-electron chi connectivity index (χ3n) is 1.78. The van der Waals surface area contributed by atoms with Gasteiger partial charge in [0.2, 0.25) is 0 Å². The van der Waals surface area contributed by atoms with Crippen LogP contribution in [0.3, 0.4) is 0 Å². The maximum atomic E-state index is 11.7. The second-order valence-electron chi connectivity index (χ2n) is 4.44. The van der Waals surface area contributed by atoms with Crippen LogP contribution in [0.15, 0.2) is 18.3 Å². The van der Waals surface area contributed by atoms with Gasteiger partial charge in [0.15, 0.2) is 0 Å². The van der Waals surface area contributed by atoms with Crippen molar-refractivity contribution in [2.24, 2.45) is 5.73 Å². The number of aromatic nitrogens is 1. The lowest BCUT2D eigenvalue weighted by Crippen LogP contribution is -2.40. The van der Waals surface area contributed by atoms with E-state index >= 15 is 0 Å². The third-order valence-corrected chi connectivity index (χ3v) is 1.78. The average molecular weight is 244 g/mol. The number of carbonyl (C=O) groups excluding carboxylic acids is 1. The summed E-state index contributed by atoms with van der Waals surface area (Å²) in [6, 6.07) is 3.39. The third kappa shape index (κ3) is 4.59. The van der Waals surface area contributed by atoms with E-state index in [0.717, 1.165) is 5.69 Å². The molecule has 1 amide bonds. The fourth-order valence-electron chi connectivity index (χ4n) is 1.14. The summed E-state index contributed by atoms with van der Waals surface area (Å²) < 4.78 is 0. The summed E-state index contributed by atoms with van der Waals surface area (Å²) in [5.41, 5.74) is 6.54. The van der Waals surface area contributed by atoms with Crippen LogP contribution in [0.5, 0.6) is 0 Å². The monoisotopic (exact) mass is 243 g/mol. The molecule has 0 aliphatic rings. The van der Waals surface area contributed by atoms with Gasteiger partial charge < -0.3 is 11.1 Å². The Bertz CT molecular complexity index is 360. The zero-order valence-corrected chi connectivity index (χ0v) is 10.6. The van der Waals surface area contributed by atoms with Gasteiger partial charge in [-0.3, -0.25) is 9.78 Å². The number of nitrogens with two attached hydrogens (primary N) is 1. The number of nitrogens with one attached hydrogen (secondary N) is 1. The standard InChI is InChI=1S/C11H17N3O.ClH/c1-11(2,3)14-10(15)8-4-5-13-9(6-8)7-12;/h4-6H,7,12H2,1-3H3,(H,14,15);1H. The van der Waals surface area contributed by atoms with Crippen molar-refractivity contribution in [3.63, 3.8) is 0 Å². The van der Waals surface area contributed by atoms with Crippen LogP contribution < -0.4 is 11.1 Å². The highest BCUT2D eigenvalue weighted by Gasteiger charge is 2.15. The van der Waals surface area contributed by atoms with E-state index in [1.807, 2.05) is 20.8 Å². The molecule has 1 rings (SSSR count). The van der Waals surface area contributed by atoms with Gasteiger partial charge in [-0.25, -0.2) is 0 Å². The number of amides is 1. The lowest BCUT2D eigenvalue weighted by Gasteiger charge is -2.20. The minimum atomic E-state index is -0.233. The predicted octanol–water partition coefficient (Wildman–Crippen LogP) is 1.49. The lowest BCUT2D eigenvalue weighted by molar-refractivity contribution is 0.0919. The highest BCUT2D eigenvalue weighted by atomic mass is 35.5. The lowest BCUT2D eigenvalue weighted by atomic mass is 10.1. The molecule has 0 fully saturated rings. The summed E-state index contributed by atoms with van der Waals surface area (Å²) in [6.07, 6.45) is 1.60. The minimum absolute atomic E-state index is 0. The molecule has 4 nitrogen and oxygen atoms in total. The Morgan fingerprint density at radius 2 is 2.12 bits per heavy atom. The van der Waals surface area contributed by atoms with Crippen molar-refractivity contribution in [3.05, 3.63) is 29.6 Å². The second kappa shape index (κ2) is 5.82. The minimum Gasteiger partial charge on any atom is -0.347 e. The van der Waals surface area contributed by atoms with Crippen molar-refractivity contribution < 1.29 is 4.79 Å². The molecule has 16 heavy (non-hydrogen) atoms. The number of halogens is 1. The molecule has 0 saturated carbocycles. The SMILES string of the molecule is CC(C)(C)NC(=O)c1ccnc(CN)c1.Cl. The van der Waals surface area contributed by atoms with Crippen LogP contribution in [-0.4, -0.2) is 16.4 Å². The number of pyridine rings is 1. The van der Waals surface area contributed by atoms with Crippen molar-refractivity contribution in [2.45, 2.75) is 32.9 Å². The first kappa shape index (κ1) is 14.9. The molecule has 0 unspecified atom stereocenters. The van der Waals surface area contributed by atoms with E-state index in [4.69, 9.17) is 5.73 Å². The molecule has 1 aromatic heterocycles. The van der Waals surface area contributed by atoms with Gasteiger partial charge in [-0.05, 0) is 32.9 Å². The molecule has 0 aliphatic heterocycles. The van der Waals surface area contributed by atoms with Gasteiger partial charge in [0, 0.05) is 23.8 Å². The van der Waals surface area contributed by atoms with E-state index in [0.29, 0.717) is 12.1 Å². The quantitative estimate of drug-likeness (QED) is 0.827. The van der Waals surface area contributed by atoms with Crippen LogP contribution in [0.4, 0.5) is 0 Å². The van der Waals surface area contributed by atoms with Crippen LogP contribution in [-0.2, 0) is 6.54 Å². The van der Waals surface area contributed by atoms with Crippen LogP contribution in [0.1, 0.15) is 36.8 Å². The fraction of sp³-hybridized carbons (Fsp3) is 0.455. The summed E-state index contributed by atoms with van der Waals surface area (Å²) in [7, 11) is 0. The van der Waals surface area contributed by atoms with Crippen LogP contribution >= 0.6 is 12.4 Å². The van der Waals surface area contributed by atoms with E-state index < -0.39 is 0 Å². The fourth-order valence-corrected chi connectivity index (χ4v) is 1.14. The Kier molecular flexibility index (Phi) is 5.41. The molecule has 0 aliphatic carbocycles. The van der Waals surface area contributed by atoms with Gasteiger partial charge in [-0.2, -0.15) is 0 Å². The molecule has 0 atom stereocenters. The average Bonchev–Trinajstić information content (AvgIpc) is 2.15. The first-order valence-corrected chi connectivity index (χ1v) is 4.90. The Morgan fingerprint density at radius 3 is 2.62 bits per heavy atom. The number of rotatable bonds is 2. The number of hydrogen-bond donors (Lipinski definition) is 2. The topological polar surface area (TPSA) is 68.0 Å². The number of hydrogen-bond acceptors (Lipinski definition) is 3. The number of nitrogens with zero attached hydrogens (tertiary/aromatic N) is 1. The summed E-state index contributed by atoms with van der Waals surface area (Å²) in [5.74, 6) is -0.0976. The van der Waals surface area contributed by atoms with E-state index in [2.05, 4.69) is 10.3 Å². The first-order valence-electron chi connectivity index (χ1n) is 4.90. The Balaban J connectivity index is 0.00000225. The van der Waals surface area contributed by atoms with Gasteiger partial charge >= 0.3 is 0 Å². The molecule has 90 valence electrons. The zero-order chi connectivity index (χ0) is 11.5. The van der Waals surface area contributed by atoms with E-state index in [-0.39, 0.29) is 23.9 Å². The highest BCUT2D eigenvalue weighted by Crippen LogP contribution is 2.05. The van der Waals surface area contributed by atoms with E-state index in [9.17, 15) is 4.79 Å². The second-order valence-corrected chi connectivity index (χ2v) is 4.44. The molecule has 0 spiro atoms. The maximum absolute atomic E-state index is 11.7. The van der Waals surface area contributed by atoms with E-state index in [1.54, 1.807) is 18.3 Å². The molecule has 0 aromatic carbocycles. The summed E-state index contributed by atoms with van der Waals surface area (Å²) >= 11 is 0. The maximum Gasteiger partial charge on any atom is 0.251 e. The van der Waals surface area contributed by atoms with Crippen LogP contribution in [0.2, 0.25) is 0 Å². The van der Waals surface area contributed by atoms with Gasteiger partial charge in [-0.1, -0.05) is 0 Å². The molecule has 1 heterocycles. The van der Waals surface area contributed by atoms with E-state index in [1.165, 1.54) is 0 Å². The summed E-state index contributed by atoms with van der Waals surface area (Å²) in [5, 5.41) is 2.88. The van der Waals surface area contributed by atoms with Crippen molar-refractivity contribution in [1.82, 2.24) is 10.3 Å². The largest absolute Gasteiger partial charge is 0.347 e. The number of carbonyl (C=O) groups is 1. The van der Waals surface area contributed by atoms with Crippen molar-refractivity contribution >= 4 is 18.3 Å². The van der Waals surface area contributed by atoms with Crippen LogP contribution in [0, 0.1) is 0 Å².